The third-order valence-corrected chi connectivity index (χ3v) is 4.78. The summed E-state index contributed by atoms with van der Waals surface area (Å²) in [6.07, 6.45) is 7.18. The van der Waals surface area contributed by atoms with Gasteiger partial charge >= 0.3 is 0 Å². The maximum absolute atomic E-state index is 5.70. The van der Waals surface area contributed by atoms with Crippen LogP contribution in [0.3, 0.4) is 0 Å². The van der Waals surface area contributed by atoms with Crippen LogP contribution in [0.5, 0.6) is 0 Å². The Morgan fingerprint density at radius 3 is 2.50 bits per heavy atom. The van der Waals surface area contributed by atoms with Crippen molar-refractivity contribution in [1.82, 2.24) is 0 Å². The molecule has 0 bridgehead atoms. The van der Waals surface area contributed by atoms with E-state index in [1.807, 2.05) is 11.8 Å². The molecule has 0 unspecified atom stereocenters. The van der Waals surface area contributed by atoms with Gasteiger partial charge in [-0.1, -0.05) is 18.2 Å². The molecular weight excluding hydrogens is 240 g/mol. The summed E-state index contributed by atoms with van der Waals surface area (Å²) >= 11 is 1.99. The molecule has 0 N–H and O–H groups in total. The van der Waals surface area contributed by atoms with Gasteiger partial charge in [-0.25, -0.2) is 0 Å². The molecule has 0 spiro atoms. The molecular formula is C16H24OS. The highest BCUT2D eigenvalue weighted by Crippen LogP contribution is 2.30. The van der Waals surface area contributed by atoms with E-state index in [1.165, 1.54) is 42.8 Å². The monoisotopic (exact) mass is 264 g/mol. The van der Waals surface area contributed by atoms with E-state index in [0.717, 1.165) is 12.5 Å². The highest BCUT2D eigenvalue weighted by Gasteiger charge is 2.20. The van der Waals surface area contributed by atoms with E-state index in [2.05, 4.69) is 37.3 Å². The van der Waals surface area contributed by atoms with E-state index in [-0.39, 0.29) is 0 Å². The van der Waals surface area contributed by atoms with Crippen LogP contribution in [0.2, 0.25) is 0 Å². The summed E-state index contributed by atoms with van der Waals surface area (Å²) in [4.78, 5) is 1.40. The van der Waals surface area contributed by atoms with E-state index in [4.69, 9.17) is 4.74 Å². The Kier molecular flexibility index (Phi) is 6.09. The molecule has 1 aromatic carbocycles. The molecule has 2 heteroatoms. The quantitative estimate of drug-likeness (QED) is 0.685. The first kappa shape index (κ1) is 14.0. The van der Waals surface area contributed by atoms with Crippen molar-refractivity contribution in [2.24, 2.45) is 5.92 Å². The van der Waals surface area contributed by atoms with Gasteiger partial charge in [-0.05, 0) is 62.8 Å². The molecule has 1 aliphatic carbocycles. The van der Waals surface area contributed by atoms with Crippen LogP contribution in [0.4, 0.5) is 0 Å². The van der Waals surface area contributed by atoms with E-state index in [9.17, 15) is 0 Å². The van der Waals surface area contributed by atoms with Gasteiger partial charge in [0.2, 0.25) is 0 Å². The molecule has 0 heterocycles. The summed E-state index contributed by atoms with van der Waals surface area (Å²) in [5.74, 6) is 2.19. The number of benzene rings is 1. The smallest absolute Gasteiger partial charge is 0.0575 e. The lowest BCUT2D eigenvalue weighted by molar-refractivity contribution is 0.0255. The fourth-order valence-corrected chi connectivity index (χ4v) is 3.72. The largest absolute Gasteiger partial charge is 0.379 e. The molecule has 100 valence electrons. The average molecular weight is 264 g/mol. The zero-order chi connectivity index (χ0) is 12.6. The molecule has 1 saturated carbocycles. The summed E-state index contributed by atoms with van der Waals surface area (Å²) in [5.41, 5.74) is 0. The Morgan fingerprint density at radius 1 is 1.11 bits per heavy atom. The molecule has 0 aromatic heterocycles. The van der Waals surface area contributed by atoms with E-state index in [1.54, 1.807) is 0 Å². The predicted molar refractivity (Wildman–Crippen MR) is 79.2 cm³/mol. The third kappa shape index (κ3) is 4.66. The molecule has 0 amide bonds. The minimum absolute atomic E-state index is 0.549. The molecule has 2 rings (SSSR count). The van der Waals surface area contributed by atoms with Crippen molar-refractivity contribution in [3.8, 4) is 0 Å². The highest BCUT2D eigenvalue weighted by atomic mass is 32.2. The minimum Gasteiger partial charge on any atom is -0.379 e. The van der Waals surface area contributed by atoms with Crippen molar-refractivity contribution in [1.29, 1.82) is 0 Å². The first-order valence-electron chi connectivity index (χ1n) is 7.18. The normalized spacial score (nSPS) is 24.1. The lowest BCUT2D eigenvalue weighted by Gasteiger charge is -2.28. The fraction of sp³-hybridized carbons (Fsp3) is 0.625. The van der Waals surface area contributed by atoms with Gasteiger partial charge in [0.05, 0.1) is 6.10 Å². The topological polar surface area (TPSA) is 9.23 Å². The van der Waals surface area contributed by atoms with Crippen molar-refractivity contribution >= 4 is 11.8 Å². The van der Waals surface area contributed by atoms with Gasteiger partial charge in [0, 0.05) is 11.5 Å². The fourth-order valence-electron chi connectivity index (χ4n) is 2.68. The second-order valence-corrected chi connectivity index (χ2v) is 6.22. The minimum atomic E-state index is 0.549. The zero-order valence-corrected chi connectivity index (χ0v) is 12.1. The second kappa shape index (κ2) is 7.85. The van der Waals surface area contributed by atoms with Crippen molar-refractivity contribution < 1.29 is 4.74 Å². The summed E-state index contributed by atoms with van der Waals surface area (Å²) in [7, 11) is 0. The maximum atomic E-state index is 5.70. The second-order valence-electron chi connectivity index (χ2n) is 5.05. The first-order valence-corrected chi connectivity index (χ1v) is 8.16. The van der Waals surface area contributed by atoms with E-state index in [0.29, 0.717) is 6.10 Å². The van der Waals surface area contributed by atoms with E-state index < -0.39 is 0 Å². The number of hydrogen-bond acceptors (Lipinski definition) is 2. The molecule has 0 aliphatic heterocycles. The van der Waals surface area contributed by atoms with Crippen molar-refractivity contribution in [3.05, 3.63) is 30.3 Å². The number of ether oxygens (including phenoxy) is 1. The van der Waals surface area contributed by atoms with Gasteiger partial charge < -0.3 is 4.74 Å². The van der Waals surface area contributed by atoms with Gasteiger partial charge in [0.1, 0.15) is 0 Å². The third-order valence-electron chi connectivity index (χ3n) is 3.73. The van der Waals surface area contributed by atoms with Gasteiger partial charge in [0.25, 0.3) is 0 Å². The number of rotatable bonds is 6. The standard InChI is InChI=1S/C16H24OS/c1-2-17-15-10-8-14(9-11-15)12-13-18-16-6-4-3-5-7-16/h3-7,14-15H,2,8-13H2,1H3. The number of hydrogen-bond donors (Lipinski definition) is 0. The van der Waals surface area contributed by atoms with Crippen LogP contribution in [0.1, 0.15) is 39.0 Å². The summed E-state index contributed by atoms with van der Waals surface area (Å²) in [6.45, 7) is 2.97. The maximum Gasteiger partial charge on any atom is 0.0575 e. The van der Waals surface area contributed by atoms with Crippen LogP contribution in [0.15, 0.2) is 35.2 Å². The summed E-state index contributed by atoms with van der Waals surface area (Å²) in [5, 5.41) is 0. The van der Waals surface area contributed by atoms with Crippen molar-refractivity contribution in [2.75, 3.05) is 12.4 Å². The molecule has 1 aromatic rings. The first-order chi connectivity index (χ1) is 8.88. The molecule has 1 fully saturated rings. The zero-order valence-electron chi connectivity index (χ0n) is 11.3. The van der Waals surface area contributed by atoms with Gasteiger partial charge in [-0.3, -0.25) is 0 Å². The van der Waals surface area contributed by atoms with Crippen molar-refractivity contribution in [3.63, 3.8) is 0 Å². The molecule has 18 heavy (non-hydrogen) atoms. The molecule has 0 atom stereocenters. The molecule has 1 aliphatic rings. The van der Waals surface area contributed by atoms with Crippen molar-refractivity contribution in [2.45, 2.75) is 50.0 Å². The SMILES string of the molecule is CCOC1CCC(CCSc2ccccc2)CC1. The summed E-state index contributed by atoms with van der Waals surface area (Å²) < 4.78 is 5.70. The number of thioether (sulfide) groups is 1. The van der Waals surface area contributed by atoms with Crippen LogP contribution < -0.4 is 0 Å². The summed E-state index contributed by atoms with van der Waals surface area (Å²) in [6, 6.07) is 10.7. The molecule has 0 saturated heterocycles. The lowest BCUT2D eigenvalue weighted by atomic mass is 9.86. The van der Waals surface area contributed by atoms with Gasteiger partial charge in [0.15, 0.2) is 0 Å². The Labute approximate surface area is 115 Å². The van der Waals surface area contributed by atoms with Crippen LogP contribution >= 0.6 is 11.8 Å². The Hall–Kier alpha value is -0.470. The van der Waals surface area contributed by atoms with Crippen LogP contribution in [-0.2, 0) is 4.74 Å². The van der Waals surface area contributed by atoms with Gasteiger partial charge in [-0.2, -0.15) is 0 Å². The Balaban J connectivity index is 1.61. The lowest BCUT2D eigenvalue weighted by Crippen LogP contribution is -2.21. The highest BCUT2D eigenvalue weighted by molar-refractivity contribution is 7.99. The Morgan fingerprint density at radius 2 is 1.83 bits per heavy atom. The van der Waals surface area contributed by atoms with E-state index >= 15 is 0 Å². The predicted octanol–water partition coefficient (Wildman–Crippen LogP) is 4.76. The molecule has 1 nitrogen and oxygen atoms in total. The van der Waals surface area contributed by atoms with Crippen LogP contribution in [-0.4, -0.2) is 18.5 Å². The average Bonchev–Trinajstić information content (AvgIpc) is 2.42. The van der Waals surface area contributed by atoms with Crippen LogP contribution in [0, 0.1) is 5.92 Å². The van der Waals surface area contributed by atoms with Gasteiger partial charge in [-0.15, -0.1) is 11.8 Å². The molecule has 0 radical (unpaired) electrons. The Bertz CT molecular complexity index is 317. The van der Waals surface area contributed by atoms with Crippen LogP contribution in [0.25, 0.3) is 0 Å².